The van der Waals surface area contributed by atoms with Gasteiger partial charge in [0.15, 0.2) is 0 Å². The molecule has 0 saturated heterocycles. The summed E-state index contributed by atoms with van der Waals surface area (Å²) in [6.45, 7) is 0. The van der Waals surface area contributed by atoms with Crippen LogP contribution in [0.4, 0.5) is 4.70 Å². The lowest BCUT2D eigenvalue weighted by Crippen LogP contribution is -2.29. The van der Waals surface area contributed by atoms with Gasteiger partial charge < -0.3 is 4.90 Å². The molecule has 1 rings (SSSR count). The second kappa shape index (κ2) is 4.67. The molecule has 0 aliphatic heterocycles. The maximum absolute atomic E-state index is 2.36. The summed E-state index contributed by atoms with van der Waals surface area (Å²) in [6.07, 6.45) is 7.20. The highest BCUT2D eigenvalue weighted by molar-refractivity contribution is 4.70. The predicted octanol–water partition coefficient (Wildman–Crippen LogP) is 2.03. The van der Waals surface area contributed by atoms with Crippen molar-refractivity contribution in [2.45, 2.75) is 38.1 Å². The van der Waals surface area contributed by atoms with E-state index in [9.17, 15) is 0 Å². The van der Waals surface area contributed by atoms with E-state index in [1.807, 2.05) is 0 Å². The number of rotatable bonds is 1. The fourth-order valence-corrected chi connectivity index (χ4v) is 1.60. The van der Waals surface area contributed by atoms with E-state index >= 15 is 0 Å². The Morgan fingerprint density at radius 1 is 1.00 bits per heavy atom. The molecule has 0 amide bonds. The van der Waals surface area contributed by atoms with Crippen LogP contribution in [-0.2, 0) is 0 Å². The second-order valence-corrected chi connectivity index (χ2v) is 3.26. The highest BCUT2D eigenvalue weighted by atomic mass is 19.0. The Kier molecular flexibility index (Phi) is 4.62. The van der Waals surface area contributed by atoms with Crippen LogP contribution in [0, 0.1) is 0 Å². The van der Waals surface area contributed by atoms with Gasteiger partial charge in [-0.05, 0) is 26.9 Å². The van der Waals surface area contributed by atoms with Gasteiger partial charge in [0, 0.05) is 6.04 Å². The van der Waals surface area contributed by atoms with Gasteiger partial charge >= 0.3 is 0 Å². The molecule has 1 aliphatic carbocycles. The molecule has 0 heterocycles. The van der Waals surface area contributed by atoms with E-state index in [1.165, 1.54) is 32.1 Å². The number of hydrogen-bond donors (Lipinski definition) is 0. The highest BCUT2D eigenvalue weighted by Gasteiger charge is 2.13. The van der Waals surface area contributed by atoms with E-state index in [-0.39, 0.29) is 4.70 Å². The maximum Gasteiger partial charge on any atom is 0.00891 e. The third-order valence-corrected chi connectivity index (χ3v) is 2.30. The molecule has 0 unspecified atom stereocenters. The van der Waals surface area contributed by atoms with Crippen molar-refractivity contribution in [3.05, 3.63) is 0 Å². The van der Waals surface area contributed by atoms with Crippen LogP contribution >= 0.6 is 0 Å². The summed E-state index contributed by atoms with van der Waals surface area (Å²) in [5.41, 5.74) is 0. The SMILES string of the molecule is CN(C)C1CCCCC1.F. The summed E-state index contributed by atoms with van der Waals surface area (Å²) in [6, 6.07) is 0.888. The molecule has 10 heavy (non-hydrogen) atoms. The largest absolute Gasteiger partial charge is 0.306 e. The van der Waals surface area contributed by atoms with E-state index in [0.29, 0.717) is 0 Å². The van der Waals surface area contributed by atoms with Crippen molar-refractivity contribution >= 4 is 0 Å². The van der Waals surface area contributed by atoms with E-state index < -0.39 is 0 Å². The first-order valence-corrected chi connectivity index (χ1v) is 3.97. The molecule has 0 N–H and O–H groups in total. The topological polar surface area (TPSA) is 3.24 Å². The Morgan fingerprint density at radius 3 is 1.80 bits per heavy atom. The minimum Gasteiger partial charge on any atom is -0.306 e. The zero-order valence-electron chi connectivity index (χ0n) is 6.97. The first-order valence-electron chi connectivity index (χ1n) is 3.97. The monoisotopic (exact) mass is 147 g/mol. The lowest BCUT2D eigenvalue weighted by molar-refractivity contribution is 0.229. The lowest BCUT2D eigenvalue weighted by atomic mass is 9.95. The molecule has 0 atom stereocenters. The predicted molar refractivity (Wildman–Crippen MR) is 43.1 cm³/mol. The van der Waals surface area contributed by atoms with Crippen LogP contribution in [0.1, 0.15) is 32.1 Å². The smallest absolute Gasteiger partial charge is 0.00891 e. The fraction of sp³-hybridized carbons (Fsp3) is 1.00. The van der Waals surface area contributed by atoms with Crippen molar-refractivity contribution in [2.24, 2.45) is 0 Å². The van der Waals surface area contributed by atoms with Crippen molar-refractivity contribution < 1.29 is 4.70 Å². The van der Waals surface area contributed by atoms with Crippen LogP contribution in [0.15, 0.2) is 0 Å². The average molecular weight is 147 g/mol. The lowest BCUT2D eigenvalue weighted by Gasteiger charge is -2.27. The molecule has 0 aromatic rings. The minimum atomic E-state index is 0. The molecule has 1 fully saturated rings. The summed E-state index contributed by atoms with van der Waals surface area (Å²) < 4.78 is 0. The summed E-state index contributed by atoms with van der Waals surface area (Å²) in [5, 5.41) is 0. The van der Waals surface area contributed by atoms with E-state index in [2.05, 4.69) is 19.0 Å². The minimum absolute atomic E-state index is 0. The third kappa shape index (κ3) is 2.65. The summed E-state index contributed by atoms with van der Waals surface area (Å²) in [7, 11) is 4.38. The van der Waals surface area contributed by atoms with Crippen molar-refractivity contribution in [3.63, 3.8) is 0 Å². The quantitative estimate of drug-likeness (QED) is 0.548. The van der Waals surface area contributed by atoms with Crippen LogP contribution in [0.5, 0.6) is 0 Å². The molecule has 1 aliphatic rings. The van der Waals surface area contributed by atoms with Crippen LogP contribution in [0.2, 0.25) is 0 Å². The number of nitrogens with zero attached hydrogens (tertiary/aromatic N) is 1. The molecular formula is C8H18FN. The van der Waals surface area contributed by atoms with Crippen molar-refractivity contribution in [1.29, 1.82) is 0 Å². The highest BCUT2D eigenvalue weighted by Crippen LogP contribution is 2.20. The number of halogens is 1. The van der Waals surface area contributed by atoms with Crippen molar-refractivity contribution in [1.82, 2.24) is 4.90 Å². The first kappa shape index (κ1) is 9.89. The molecule has 1 nitrogen and oxygen atoms in total. The second-order valence-electron chi connectivity index (χ2n) is 3.26. The zero-order chi connectivity index (χ0) is 6.69. The molecule has 62 valence electrons. The molecular weight excluding hydrogens is 129 g/mol. The third-order valence-electron chi connectivity index (χ3n) is 2.30. The van der Waals surface area contributed by atoms with Gasteiger partial charge in [0.1, 0.15) is 0 Å². The van der Waals surface area contributed by atoms with Gasteiger partial charge in [-0.3, -0.25) is 4.70 Å². The molecule has 0 spiro atoms. The van der Waals surface area contributed by atoms with Gasteiger partial charge in [0.2, 0.25) is 0 Å². The van der Waals surface area contributed by atoms with Crippen molar-refractivity contribution in [2.75, 3.05) is 14.1 Å². The molecule has 0 radical (unpaired) electrons. The molecule has 0 aromatic heterocycles. The molecule has 1 saturated carbocycles. The maximum atomic E-state index is 2.36. The molecule has 0 bridgehead atoms. The van der Waals surface area contributed by atoms with Crippen LogP contribution in [-0.4, -0.2) is 25.0 Å². The zero-order valence-corrected chi connectivity index (χ0v) is 6.97. The fourth-order valence-electron chi connectivity index (χ4n) is 1.60. The Morgan fingerprint density at radius 2 is 1.50 bits per heavy atom. The van der Waals surface area contributed by atoms with Gasteiger partial charge in [-0.2, -0.15) is 0 Å². The summed E-state index contributed by atoms with van der Waals surface area (Å²) in [5.74, 6) is 0. The number of hydrogen-bond acceptors (Lipinski definition) is 1. The van der Waals surface area contributed by atoms with Crippen molar-refractivity contribution in [3.8, 4) is 0 Å². The van der Waals surface area contributed by atoms with Gasteiger partial charge in [0.25, 0.3) is 0 Å². The standard InChI is InChI=1S/C8H17N.FH/c1-9(2)8-6-4-3-5-7-8;/h8H,3-7H2,1-2H3;1H. The van der Waals surface area contributed by atoms with E-state index in [4.69, 9.17) is 0 Å². The Bertz CT molecular complexity index is 77.3. The summed E-state index contributed by atoms with van der Waals surface area (Å²) in [4.78, 5) is 2.36. The van der Waals surface area contributed by atoms with E-state index in [1.54, 1.807) is 0 Å². The van der Waals surface area contributed by atoms with Gasteiger partial charge in [0.05, 0.1) is 0 Å². The van der Waals surface area contributed by atoms with Gasteiger partial charge in [-0.1, -0.05) is 19.3 Å². The molecule has 0 aromatic carbocycles. The first-order chi connectivity index (χ1) is 4.30. The Balaban J connectivity index is 0.000000810. The van der Waals surface area contributed by atoms with E-state index in [0.717, 1.165) is 6.04 Å². The molecule has 2 heteroatoms. The van der Waals surface area contributed by atoms with Gasteiger partial charge in [-0.25, -0.2) is 0 Å². The summed E-state index contributed by atoms with van der Waals surface area (Å²) >= 11 is 0. The van der Waals surface area contributed by atoms with Gasteiger partial charge in [-0.15, -0.1) is 0 Å². The normalized spacial score (nSPS) is 20.7. The van der Waals surface area contributed by atoms with Crippen LogP contribution < -0.4 is 0 Å². The Labute approximate surface area is 62.8 Å². The van der Waals surface area contributed by atoms with Crippen LogP contribution in [0.25, 0.3) is 0 Å². The average Bonchev–Trinajstić information content (AvgIpc) is 1.90. The Hall–Kier alpha value is -0.110. The van der Waals surface area contributed by atoms with Crippen LogP contribution in [0.3, 0.4) is 0 Å².